The van der Waals surface area contributed by atoms with E-state index in [4.69, 9.17) is 0 Å². The Balaban J connectivity index is 2.09. The van der Waals surface area contributed by atoms with E-state index in [-0.39, 0.29) is 17.2 Å². The Morgan fingerprint density at radius 1 is 1.38 bits per heavy atom. The zero-order valence-electron chi connectivity index (χ0n) is 13.2. The topological polar surface area (TPSA) is 59.8 Å². The highest BCUT2D eigenvalue weighted by Gasteiger charge is 2.33. The van der Waals surface area contributed by atoms with Gasteiger partial charge in [-0.25, -0.2) is 4.98 Å². The van der Waals surface area contributed by atoms with E-state index < -0.39 is 17.6 Å². The predicted octanol–water partition coefficient (Wildman–Crippen LogP) is 2.91. The second-order valence-electron chi connectivity index (χ2n) is 5.40. The average molecular weight is 338 g/mol. The van der Waals surface area contributed by atoms with Crippen LogP contribution >= 0.6 is 0 Å². The predicted molar refractivity (Wildman–Crippen MR) is 82.7 cm³/mol. The summed E-state index contributed by atoms with van der Waals surface area (Å²) in [5, 5.41) is 6.62. The molecule has 1 atom stereocenters. The summed E-state index contributed by atoms with van der Waals surface area (Å²) >= 11 is 0. The van der Waals surface area contributed by atoms with Crippen LogP contribution in [0.25, 0.3) is 5.57 Å². The van der Waals surface area contributed by atoms with E-state index in [1.807, 2.05) is 0 Å². The molecule has 0 radical (unpaired) electrons. The SMILES string of the molecule is C/C(=C\C(=O)N[C@H](C)Cn1cncn1)c1ccccc1C(F)(F)F. The average Bonchev–Trinajstić information content (AvgIpc) is 2.98. The fourth-order valence-electron chi connectivity index (χ4n) is 2.29. The fourth-order valence-corrected chi connectivity index (χ4v) is 2.29. The Morgan fingerprint density at radius 2 is 2.08 bits per heavy atom. The highest BCUT2D eigenvalue weighted by Crippen LogP contribution is 2.34. The van der Waals surface area contributed by atoms with Crippen molar-refractivity contribution in [2.24, 2.45) is 0 Å². The summed E-state index contributed by atoms with van der Waals surface area (Å²) in [5.74, 6) is -0.461. The Kier molecular flexibility index (Phi) is 5.38. The first-order valence-electron chi connectivity index (χ1n) is 7.25. The monoisotopic (exact) mass is 338 g/mol. The summed E-state index contributed by atoms with van der Waals surface area (Å²) in [5.41, 5.74) is -0.528. The number of nitrogens with zero attached hydrogens (tertiary/aromatic N) is 3. The minimum atomic E-state index is -4.47. The first-order valence-corrected chi connectivity index (χ1v) is 7.25. The first-order chi connectivity index (χ1) is 11.3. The summed E-state index contributed by atoms with van der Waals surface area (Å²) in [6, 6.07) is 4.92. The summed E-state index contributed by atoms with van der Waals surface area (Å²) < 4.78 is 40.6. The van der Waals surface area contributed by atoms with Gasteiger partial charge in [-0.2, -0.15) is 18.3 Å². The van der Waals surface area contributed by atoms with Gasteiger partial charge in [0.15, 0.2) is 0 Å². The zero-order valence-corrected chi connectivity index (χ0v) is 13.2. The molecule has 0 aliphatic rings. The lowest BCUT2D eigenvalue weighted by Crippen LogP contribution is -2.34. The standard InChI is InChI=1S/C16H17F3N4O/c1-11(13-5-3-4-6-14(13)16(17,18)19)7-15(24)22-12(2)8-23-10-20-9-21-23/h3-7,9-10,12H,8H2,1-2H3,(H,22,24)/b11-7+/t12-/m1/s1. The van der Waals surface area contributed by atoms with Gasteiger partial charge < -0.3 is 5.32 Å². The molecule has 0 saturated carbocycles. The molecule has 2 aromatic rings. The maximum Gasteiger partial charge on any atom is 0.416 e. The van der Waals surface area contributed by atoms with Crippen LogP contribution < -0.4 is 5.32 Å². The molecule has 0 aliphatic heterocycles. The molecule has 0 spiro atoms. The van der Waals surface area contributed by atoms with E-state index in [2.05, 4.69) is 15.4 Å². The Bertz CT molecular complexity index is 723. The van der Waals surface area contributed by atoms with Crippen molar-refractivity contribution >= 4 is 11.5 Å². The molecule has 0 aliphatic carbocycles. The zero-order chi connectivity index (χ0) is 17.7. The molecule has 8 heteroatoms. The molecule has 0 fully saturated rings. The van der Waals surface area contributed by atoms with Gasteiger partial charge in [-0.15, -0.1) is 0 Å². The van der Waals surface area contributed by atoms with Crippen LogP contribution in [0.5, 0.6) is 0 Å². The van der Waals surface area contributed by atoms with E-state index in [0.717, 1.165) is 6.07 Å². The van der Waals surface area contributed by atoms with Gasteiger partial charge in [0.2, 0.25) is 5.91 Å². The first kappa shape index (κ1) is 17.7. The molecular weight excluding hydrogens is 321 g/mol. The molecule has 5 nitrogen and oxygen atoms in total. The van der Waals surface area contributed by atoms with Crippen molar-refractivity contribution in [3.05, 3.63) is 54.1 Å². The Morgan fingerprint density at radius 3 is 2.71 bits per heavy atom. The third-order valence-electron chi connectivity index (χ3n) is 3.32. The van der Waals surface area contributed by atoms with Crippen molar-refractivity contribution in [3.63, 3.8) is 0 Å². The van der Waals surface area contributed by atoms with Gasteiger partial charge >= 0.3 is 6.18 Å². The molecule has 128 valence electrons. The van der Waals surface area contributed by atoms with Crippen LogP contribution in [0.2, 0.25) is 0 Å². The molecule has 1 aromatic carbocycles. The third-order valence-corrected chi connectivity index (χ3v) is 3.32. The van der Waals surface area contributed by atoms with Crippen molar-refractivity contribution in [1.82, 2.24) is 20.1 Å². The molecule has 1 N–H and O–H groups in total. The Hall–Kier alpha value is -2.64. The summed E-state index contributed by atoms with van der Waals surface area (Å²) in [7, 11) is 0. The van der Waals surface area contributed by atoms with Crippen molar-refractivity contribution in [2.45, 2.75) is 32.6 Å². The van der Waals surface area contributed by atoms with Crippen molar-refractivity contribution in [2.75, 3.05) is 0 Å². The number of aromatic nitrogens is 3. The minimum absolute atomic E-state index is 0.0101. The lowest BCUT2D eigenvalue weighted by Gasteiger charge is -2.14. The van der Waals surface area contributed by atoms with Gasteiger partial charge in [-0.1, -0.05) is 18.2 Å². The molecule has 24 heavy (non-hydrogen) atoms. The van der Waals surface area contributed by atoms with Crippen LogP contribution in [-0.4, -0.2) is 26.7 Å². The number of amides is 1. The molecule has 1 aromatic heterocycles. The quantitative estimate of drug-likeness (QED) is 0.853. The number of allylic oxidation sites excluding steroid dienone is 1. The van der Waals surface area contributed by atoms with Gasteiger partial charge in [0, 0.05) is 12.1 Å². The number of halogens is 3. The number of rotatable bonds is 5. The van der Waals surface area contributed by atoms with Crippen molar-refractivity contribution < 1.29 is 18.0 Å². The maximum atomic E-state index is 13.0. The molecule has 1 heterocycles. The summed E-state index contributed by atoms with van der Waals surface area (Å²) in [4.78, 5) is 15.8. The highest BCUT2D eigenvalue weighted by molar-refractivity contribution is 5.95. The second kappa shape index (κ2) is 7.29. The van der Waals surface area contributed by atoms with Gasteiger partial charge in [-0.05, 0) is 31.1 Å². The maximum absolute atomic E-state index is 13.0. The molecule has 0 saturated heterocycles. The molecular formula is C16H17F3N4O. The van der Waals surface area contributed by atoms with Crippen LogP contribution in [-0.2, 0) is 17.5 Å². The Labute approximate surface area is 137 Å². The van der Waals surface area contributed by atoms with Gasteiger partial charge in [0.05, 0.1) is 12.1 Å². The van der Waals surface area contributed by atoms with E-state index in [0.29, 0.717) is 6.54 Å². The normalized spacial score (nSPS) is 13.6. The van der Waals surface area contributed by atoms with Crippen molar-refractivity contribution in [3.8, 4) is 0 Å². The fraction of sp³-hybridized carbons (Fsp3) is 0.312. The number of hydrogen-bond donors (Lipinski definition) is 1. The van der Waals surface area contributed by atoms with Crippen LogP contribution in [0.1, 0.15) is 25.0 Å². The van der Waals surface area contributed by atoms with Gasteiger partial charge in [0.25, 0.3) is 0 Å². The number of alkyl halides is 3. The molecule has 0 unspecified atom stereocenters. The van der Waals surface area contributed by atoms with Gasteiger partial charge in [-0.3, -0.25) is 9.48 Å². The smallest absolute Gasteiger partial charge is 0.348 e. The largest absolute Gasteiger partial charge is 0.416 e. The van der Waals surface area contributed by atoms with E-state index in [1.54, 1.807) is 11.6 Å². The van der Waals surface area contributed by atoms with Crippen LogP contribution in [0.4, 0.5) is 13.2 Å². The minimum Gasteiger partial charge on any atom is -0.348 e. The van der Waals surface area contributed by atoms with Crippen LogP contribution in [0.15, 0.2) is 43.0 Å². The van der Waals surface area contributed by atoms with E-state index >= 15 is 0 Å². The molecule has 0 bridgehead atoms. The van der Waals surface area contributed by atoms with E-state index in [9.17, 15) is 18.0 Å². The molecule has 2 rings (SSSR count). The van der Waals surface area contributed by atoms with Gasteiger partial charge in [0.1, 0.15) is 12.7 Å². The lowest BCUT2D eigenvalue weighted by atomic mass is 10.00. The highest BCUT2D eigenvalue weighted by atomic mass is 19.4. The number of carbonyl (C=O) groups is 1. The number of hydrogen-bond acceptors (Lipinski definition) is 3. The van der Waals surface area contributed by atoms with Crippen LogP contribution in [0.3, 0.4) is 0 Å². The second-order valence-corrected chi connectivity index (χ2v) is 5.40. The molecule has 1 amide bonds. The lowest BCUT2D eigenvalue weighted by molar-refractivity contribution is -0.137. The number of nitrogens with one attached hydrogen (secondary N) is 1. The summed E-state index contributed by atoms with van der Waals surface area (Å²) in [6.07, 6.45) is -0.402. The van der Waals surface area contributed by atoms with E-state index in [1.165, 1.54) is 43.9 Å². The number of benzene rings is 1. The van der Waals surface area contributed by atoms with Crippen molar-refractivity contribution in [1.29, 1.82) is 0 Å². The summed E-state index contributed by atoms with van der Waals surface area (Å²) in [6.45, 7) is 3.66. The third kappa shape index (κ3) is 4.68. The number of carbonyl (C=O) groups excluding carboxylic acids is 1. The van der Waals surface area contributed by atoms with Crippen LogP contribution in [0, 0.1) is 0 Å².